The molecule has 0 aliphatic carbocycles. The van der Waals surface area contributed by atoms with Crippen LogP contribution in [0.5, 0.6) is 0 Å². The maximum atomic E-state index is 4.52. The third-order valence-corrected chi connectivity index (χ3v) is 4.01. The van der Waals surface area contributed by atoms with Crippen molar-refractivity contribution in [3.05, 3.63) is 71.3 Å². The summed E-state index contributed by atoms with van der Waals surface area (Å²) in [5.41, 5.74) is 7.86. The molecule has 2 N–H and O–H groups in total. The average Bonchev–Trinajstić information content (AvgIpc) is 3.01. The number of hydrazone groups is 1. The number of benzene rings is 2. The highest BCUT2D eigenvalue weighted by Gasteiger charge is 2.19. The Bertz CT molecular complexity index is 715. The van der Waals surface area contributed by atoms with Crippen molar-refractivity contribution in [3.63, 3.8) is 0 Å². The molecular weight excluding hydrogens is 284 g/mol. The molecule has 0 amide bonds. The molecule has 0 radical (unpaired) electrons. The predicted octanol–water partition coefficient (Wildman–Crippen LogP) is 2.48. The van der Waals surface area contributed by atoms with Gasteiger partial charge in [0.25, 0.3) is 0 Å². The van der Waals surface area contributed by atoms with Crippen LogP contribution in [0.25, 0.3) is 0 Å². The lowest BCUT2D eigenvalue weighted by atomic mass is 10.1. The minimum atomic E-state index is 0.884. The van der Waals surface area contributed by atoms with Crippen LogP contribution < -0.4 is 10.7 Å². The summed E-state index contributed by atoms with van der Waals surface area (Å²) in [6.45, 7) is 6.92. The van der Waals surface area contributed by atoms with Crippen molar-refractivity contribution in [1.29, 1.82) is 0 Å². The monoisotopic (exact) mass is 307 g/mol. The molecule has 0 unspecified atom stereocenters. The molecule has 0 fully saturated rings. The van der Waals surface area contributed by atoms with Crippen molar-refractivity contribution in [2.75, 3.05) is 13.1 Å². The van der Waals surface area contributed by atoms with E-state index in [4.69, 9.17) is 0 Å². The Kier molecular flexibility index (Phi) is 4.71. The summed E-state index contributed by atoms with van der Waals surface area (Å²) in [6, 6.07) is 18.9. The Labute approximate surface area is 137 Å². The lowest BCUT2D eigenvalue weighted by Gasteiger charge is -2.05. The molecule has 2 aromatic carbocycles. The van der Waals surface area contributed by atoms with Crippen LogP contribution in [-0.2, 0) is 6.54 Å². The van der Waals surface area contributed by atoms with Gasteiger partial charge in [-0.05, 0) is 25.0 Å². The van der Waals surface area contributed by atoms with Gasteiger partial charge in [0.05, 0.1) is 25.3 Å². The van der Waals surface area contributed by atoms with Gasteiger partial charge in [0, 0.05) is 0 Å². The van der Waals surface area contributed by atoms with Gasteiger partial charge in [-0.1, -0.05) is 60.2 Å². The SMILES string of the molecule is C/C(=N/NC1=[N+](Cc2ccccc2)CCN1)c1ccc(C)cc1. The second-order valence-electron chi connectivity index (χ2n) is 5.86. The first-order chi connectivity index (χ1) is 11.2. The summed E-state index contributed by atoms with van der Waals surface area (Å²) >= 11 is 0. The molecule has 0 aromatic heterocycles. The number of nitrogens with one attached hydrogen (secondary N) is 2. The summed E-state index contributed by atoms with van der Waals surface area (Å²) in [6.07, 6.45) is 0. The molecule has 0 saturated heterocycles. The largest absolute Gasteiger partial charge is 0.370 e. The van der Waals surface area contributed by atoms with E-state index in [0.29, 0.717) is 0 Å². The fraction of sp³-hybridized carbons (Fsp3) is 0.263. The first-order valence-corrected chi connectivity index (χ1v) is 7.99. The van der Waals surface area contributed by atoms with Crippen LogP contribution in [0.3, 0.4) is 0 Å². The number of aryl methyl sites for hydroxylation is 1. The van der Waals surface area contributed by atoms with Crippen molar-refractivity contribution < 1.29 is 4.58 Å². The molecule has 3 rings (SSSR count). The topological polar surface area (TPSA) is 39.4 Å². The zero-order chi connectivity index (χ0) is 16.1. The summed E-state index contributed by atoms with van der Waals surface area (Å²) in [5, 5.41) is 7.89. The maximum Gasteiger partial charge on any atom is 0.370 e. The highest BCUT2D eigenvalue weighted by atomic mass is 15.4. The number of rotatable bonds is 4. The Morgan fingerprint density at radius 2 is 1.87 bits per heavy atom. The van der Waals surface area contributed by atoms with Gasteiger partial charge in [-0.15, -0.1) is 5.10 Å². The molecule has 23 heavy (non-hydrogen) atoms. The molecule has 118 valence electrons. The second-order valence-corrected chi connectivity index (χ2v) is 5.86. The molecule has 1 aliphatic rings. The van der Waals surface area contributed by atoms with E-state index < -0.39 is 0 Å². The molecule has 1 aliphatic heterocycles. The number of nitrogens with zero attached hydrogens (tertiary/aromatic N) is 2. The summed E-state index contributed by atoms with van der Waals surface area (Å²) in [5.74, 6) is 0.973. The summed E-state index contributed by atoms with van der Waals surface area (Å²) in [7, 11) is 0. The molecule has 0 atom stereocenters. The molecular formula is C19H23N4+. The van der Waals surface area contributed by atoms with Crippen LogP contribution in [0.4, 0.5) is 0 Å². The third-order valence-electron chi connectivity index (χ3n) is 4.01. The number of hydrogen-bond acceptors (Lipinski definition) is 3. The Hall–Kier alpha value is -2.62. The van der Waals surface area contributed by atoms with Gasteiger partial charge in [-0.2, -0.15) is 5.43 Å². The highest BCUT2D eigenvalue weighted by molar-refractivity contribution is 5.99. The Morgan fingerprint density at radius 3 is 2.61 bits per heavy atom. The van der Waals surface area contributed by atoms with Crippen molar-refractivity contribution in [2.24, 2.45) is 5.10 Å². The molecule has 0 bridgehead atoms. The lowest BCUT2D eigenvalue weighted by molar-refractivity contribution is -0.536. The maximum absolute atomic E-state index is 4.52. The van der Waals surface area contributed by atoms with Crippen LogP contribution in [0, 0.1) is 6.92 Å². The normalized spacial score (nSPS) is 14.8. The molecule has 4 nitrogen and oxygen atoms in total. The van der Waals surface area contributed by atoms with E-state index in [-0.39, 0.29) is 0 Å². The first kappa shape index (κ1) is 15.3. The smallest absolute Gasteiger partial charge is 0.273 e. The van der Waals surface area contributed by atoms with Crippen molar-refractivity contribution in [2.45, 2.75) is 20.4 Å². The minimum Gasteiger partial charge on any atom is -0.273 e. The Morgan fingerprint density at radius 1 is 1.13 bits per heavy atom. The van der Waals surface area contributed by atoms with Gasteiger partial charge in [0.2, 0.25) is 0 Å². The van der Waals surface area contributed by atoms with Crippen LogP contribution in [0.15, 0.2) is 59.7 Å². The van der Waals surface area contributed by atoms with E-state index in [2.05, 4.69) is 75.9 Å². The number of guanidine groups is 1. The van der Waals surface area contributed by atoms with E-state index in [9.17, 15) is 0 Å². The van der Waals surface area contributed by atoms with E-state index in [0.717, 1.165) is 36.9 Å². The van der Waals surface area contributed by atoms with Crippen molar-refractivity contribution >= 4 is 11.7 Å². The van der Waals surface area contributed by atoms with E-state index in [1.165, 1.54) is 11.1 Å². The fourth-order valence-corrected chi connectivity index (χ4v) is 2.60. The average molecular weight is 307 g/mol. The van der Waals surface area contributed by atoms with Crippen LogP contribution >= 0.6 is 0 Å². The lowest BCUT2D eigenvalue weighted by Crippen LogP contribution is -2.35. The number of hydrogen-bond donors (Lipinski definition) is 2. The molecule has 4 heteroatoms. The van der Waals surface area contributed by atoms with Crippen LogP contribution in [-0.4, -0.2) is 29.3 Å². The van der Waals surface area contributed by atoms with Gasteiger partial charge in [-0.25, -0.2) is 0 Å². The van der Waals surface area contributed by atoms with E-state index in [1.807, 2.05) is 13.0 Å². The summed E-state index contributed by atoms with van der Waals surface area (Å²) in [4.78, 5) is 0. The van der Waals surface area contributed by atoms with Gasteiger partial charge >= 0.3 is 5.96 Å². The van der Waals surface area contributed by atoms with Gasteiger partial charge in [0.1, 0.15) is 0 Å². The van der Waals surface area contributed by atoms with Crippen LogP contribution in [0.2, 0.25) is 0 Å². The molecule has 0 saturated carbocycles. The minimum absolute atomic E-state index is 0.884. The molecule has 2 aromatic rings. The first-order valence-electron chi connectivity index (χ1n) is 7.99. The molecule has 1 heterocycles. The zero-order valence-corrected chi connectivity index (χ0v) is 13.7. The van der Waals surface area contributed by atoms with E-state index in [1.54, 1.807) is 0 Å². The van der Waals surface area contributed by atoms with Crippen LogP contribution in [0.1, 0.15) is 23.6 Å². The van der Waals surface area contributed by atoms with Gasteiger partial charge in [-0.3, -0.25) is 9.89 Å². The summed E-state index contributed by atoms with van der Waals surface area (Å²) < 4.78 is 2.28. The van der Waals surface area contributed by atoms with Crippen molar-refractivity contribution in [3.8, 4) is 0 Å². The third kappa shape index (κ3) is 3.97. The quantitative estimate of drug-likeness (QED) is 0.517. The van der Waals surface area contributed by atoms with E-state index >= 15 is 0 Å². The van der Waals surface area contributed by atoms with Gasteiger partial charge in [0.15, 0.2) is 0 Å². The van der Waals surface area contributed by atoms with Gasteiger partial charge < -0.3 is 0 Å². The molecule has 0 spiro atoms. The second kappa shape index (κ2) is 7.09. The zero-order valence-electron chi connectivity index (χ0n) is 13.7. The van der Waals surface area contributed by atoms with Crippen molar-refractivity contribution in [1.82, 2.24) is 10.7 Å². The highest BCUT2D eigenvalue weighted by Crippen LogP contribution is 2.05. The standard InChI is InChI=1S/C19H22N4/c1-15-8-10-18(11-9-15)16(2)21-22-19-20-12-13-23(19)14-17-6-4-3-5-7-17/h3-11H,12-14H2,1-2H3,(H,20,22)/p+1/b21-16-. The predicted molar refractivity (Wildman–Crippen MR) is 94.8 cm³/mol. The Balaban J connectivity index is 1.71. The fourth-order valence-electron chi connectivity index (χ4n) is 2.60.